The molecule has 1 aromatic rings. The van der Waals surface area contributed by atoms with E-state index in [9.17, 15) is 13.2 Å². The first-order valence-electron chi connectivity index (χ1n) is 8.84. The fourth-order valence-corrected chi connectivity index (χ4v) is 3.86. The van der Waals surface area contributed by atoms with Gasteiger partial charge in [-0.2, -0.15) is 4.31 Å². The van der Waals surface area contributed by atoms with E-state index in [1.807, 2.05) is 20.8 Å². The summed E-state index contributed by atoms with van der Waals surface area (Å²) >= 11 is 0. The van der Waals surface area contributed by atoms with Crippen LogP contribution < -0.4 is 5.32 Å². The van der Waals surface area contributed by atoms with Gasteiger partial charge in [0.25, 0.3) is 0 Å². The van der Waals surface area contributed by atoms with Crippen molar-refractivity contribution in [1.82, 2.24) is 9.62 Å². The molecule has 0 spiro atoms. The first-order chi connectivity index (χ1) is 11.8. The molecule has 140 valence electrons. The molecule has 5 nitrogen and oxygen atoms in total. The molecule has 0 fully saturated rings. The van der Waals surface area contributed by atoms with E-state index >= 15 is 0 Å². The summed E-state index contributed by atoms with van der Waals surface area (Å²) in [5, 5.41) is 2.94. The molecule has 6 heteroatoms. The smallest absolute Gasteiger partial charge is 0.244 e. The second kappa shape index (κ2) is 9.73. The molecule has 0 bridgehead atoms. The van der Waals surface area contributed by atoms with Crippen LogP contribution in [0.1, 0.15) is 46.6 Å². The first kappa shape index (κ1) is 21.4. The third-order valence-corrected chi connectivity index (χ3v) is 6.58. The summed E-state index contributed by atoms with van der Waals surface area (Å²) in [6.45, 7) is 10.7. The lowest BCUT2D eigenvalue weighted by Crippen LogP contribution is -2.35. The third kappa shape index (κ3) is 5.97. The normalized spacial score (nSPS) is 14.6. The van der Waals surface area contributed by atoms with Gasteiger partial charge in [0.2, 0.25) is 15.9 Å². The lowest BCUT2D eigenvalue weighted by atomic mass is 10.0. The minimum absolute atomic E-state index is 0.115. The van der Waals surface area contributed by atoms with Gasteiger partial charge in [-0.1, -0.05) is 46.2 Å². The summed E-state index contributed by atoms with van der Waals surface area (Å²) in [4.78, 5) is 12.2. The summed E-state index contributed by atoms with van der Waals surface area (Å²) in [5.41, 5.74) is 0.782. The van der Waals surface area contributed by atoms with Crippen molar-refractivity contribution in [1.29, 1.82) is 0 Å². The number of hydrogen-bond acceptors (Lipinski definition) is 3. The van der Waals surface area contributed by atoms with Crippen LogP contribution in [-0.2, 0) is 14.8 Å². The van der Waals surface area contributed by atoms with Gasteiger partial charge in [-0.15, -0.1) is 0 Å². The minimum atomic E-state index is -3.45. The van der Waals surface area contributed by atoms with Crippen LogP contribution in [0.5, 0.6) is 0 Å². The maximum absolute atomic E-state index is 12.4. The average molecular weight is 367 g/mol. The van der Waals surface area contributed by atoms with Crippen LogP contribution in [0.25, 0.3) is 6.08 Å². The lowest BCUT2D eigenvalue weighted by molar-refractivity contribution is -0.117. The third-order valence-electron chi connectivity index (χ3n) is 4.52. The van der Waals surface area contributed by atoms with E-state index in [0.29, 0.717) is 19.0 Å². The quantitative estimate of drug-likeness (QED) is 0.682. The number of benzene rings is 1. The van der Waals surface area contributed by atoms with Crippen LogP contribution in [-0.4, -0.2) is 37.8 Å². The summed E-state index contributed by atoms with van der Waals surface area (Å²) in [7, 11) is -3.45. The summed E-state index contributed by atoms with van der Waals surface area (Å²) in [6.07, 6.45) is 4.17. The monoisotopic (exact) mass is 366 g/mol. The van der Waals surface area contributed by atoms with Gasteiger partial charge in [0.05, 0.1) is 4.90 Å². The highest BCUT2D eigenvalue weighted by molar-refractivity contribution is 7.89. The molecule has 1 amide bonds. The van der Waals surface area contributed by atoms with Gasteiger partial charge >= 0.3 is 0 Å². The molecule has 0 saturated carbocycles. The van der Waals surface area contributed by atoms with E-state index in [2.05, 4.69) is 19.2 Å². The maximum Gasteiger partial charge on any atom is 0.244 e. The maximum atomic E-state index is 12.4. The molecular weight excluding hydrogens is 336 g/mol. The topological polar surface area (TPSA) is 66.5 Å². The Balaban J connectivity index is 2.79. The van der Waals surface area contributed by atoms with Crippen LogP contribution in [0.15, 0.2) is 35.2 Å². The van der Waals surface area contributed by atoms with E-state index in [-0.39, 0.29) is 16.8 Å². The van der Waals surface area contributed by atoms with Crippen molar-refractivity contribution in [2.45, 2.75) is 52.0 Å². The van der Waals surface area contributed by atoms with Crippen LogP contribution in [0.4, 0.5) is 0 Å². The number of nitrogens with zero attached hydrogens (tertiary/aromatic N) is 1. The number of carbonyl (C=O) groups excluding carboxylic acids is 1. The molecular formula is C19H30N2O3S. The Bertz CT molecular complexity index is 677. The van der Waals surface area contributed by atoms with Crippen molar-refractivity contribution in [3.63, 3.8) is 0 Å². The minimum Gasteiger partial charge on any atom is -0.350 e. The summed E-state index contributed by atoms with van der Waals surface area (Å²) < 4.78 is 26.3. The first-order valence-corrected chi connectivity index (χ1v) is 10.3. The van der Waals surface area contributed by atoms with Crippen molar-refractivity contribution in [2.24, 2.45) is 5.92 Å². The zero-order chi connectivity index (χ0) is 19.0. The molecule has 0 saturated heterocycles. The number of sulfonamides is 1. The van der Waals surface area contributed by atoms with Crippen LogP contribution >= 0.6 is 0 Å². The highest BCUT2D eigenvalue weighted by atomic mass is 32.2. The number of rotatable bonds is 9. The molecule has 1 N–H and O–H groups in total. The fourth-order valence-electron chi connectivity index (χ4n) is 2.40. The van der Waals surface area contributed by atoms with E-state index in [4.69, 9.17) is 0 Å². The number of carbonyl (C=O) groups is 1. The molecule has 0 aliphatic heterocycles. The molecule has 2 atom stereocenters. The molecule has 25 heavy (non-hydrogen) atoms. The van der Waals surface area contributed by atoms with Gasteiger partial charge < -0.3 is 5.32 Å². The molecule has 1 rings (SSSR count). The van der Waals surface area contributed by atoms with E-state index in [0.717, 1.165) is 12.0 Å². The average Bonchev–Trinajstić information content (AvgIpc) is 2.60. The highest BCUT2D eigenvalue weighted by Crippen LogP contribution is 2.16. The number of amides is 1. The van der Waals surface area contributed by atoms with Crippen molar-refractivity contribution >= 4 is 22.0 Å². The number of hydrogen-bond donors (Lipinski definition) is 1. The molecule has 0 aromatic heterocycles. The standard InChI is InChI=1S/C19H30N2O3S/c1-6-15(4)16(5)20-19(22)14-11-17-9-12-18(13-10-17)25(23,24)21(7-2)8-3/h9-16H,6-8H2,1-5H3,(H,20,22)/b14-11+/t15-,16-/m0/s1. The molecule has 1 aromatic carbocycles. The van der Waals surface area contributed by atoms with E-state index in [1.54, 1.807) is 30.3 Å². The second-order valence-corrected chi connectivity index (χ2v) is 8.11. The van der Waals surface area contributed by atoms with Gasteiger partial charge in [-0.3, -0.25) is 4.79 Å². The van der Waals surface area contributed by atoms with Crippen molar-refractivity contribution in [3.05, 3.63) is 35.9 Å². The fraction of sp³-hybridized carbons (Fsp3) is 0.526. The molecule has 0 aliphatic carbocycles. The zero-order valence-electron chi connectivity index (χ0n) is 15.8. The van der Waals surface area contributed by atoms with Crippen LogP contribution in [0.2, 0.25) is 0 Å². The Kier molecular flexibility index (Phi) is 8.32. The Morgan fingerprint density at radius 2 is 1.68 bits per heavy atom. The molecule has 0 heterocycles. The van der Waals surface area contributed by atoms with Crippen LogP contribution in [0, 0.1) is 5.92 Å². The number of nitrogens with one attached hydrogen (secondary N) is 1. The molecule has 0 radical (unpaired) electrons. The molecule has 0 aliphatic rings. The van der Waals surface area contributed by atoms with E-state index in [1.165, 1.54) is 10.4 Å². The van der Waals surface area contributed by atoms with Crippen molar-refractivity contribution in [2.75, 3.05) is 13.1 Å². The summed E-state index contributed by atoms with van der Waals surface area (Å²) in [5.74, 6) is 0.273. The predicted octanol–water partition coefficient (Wildman–Crippen LogP) is 3.28. The second-order valence-electron chi connectivity index (χ2n) is 6.17. The van der Waals surface area contributed by atoms with Gasteiger partial charge in [0.1, 0.15) is 0 Å². The van der Waals surface area contributed by atoms with Gasteiger partial charge in [0, 0.05) is 25.2 Å². The van der Waals surface area contributed by atoms with Crippen molar-refractivity contribution in [3.8, 4) is 0 Å². The van der Waals surface area contributed by atoms with Gasteiger partial charge in [-0.05, 0) is 36.6 Å². The molecule has 0 unspecified atom stereocenters. The highest BCUT2D eigenvalue weighted by Gasteiger charge is 2.20. The Labute approximate surface area is 152 Å². The Hall–Kier alpha value is -1.66. The Morgan fingerprint density at radius 3 is 2.16 bits per heavy atom. The van der Waals surface area contributed by atoms with Gasteiger partial charge in [0.15, 0.2) is 0 Å². The zero-order valence-corrected chi connectivity index (χ0v) is 16.6. The van der Waals surface area contributed by atoms with Crippen molar-refractivity contribution < 1.29 is 13.2 Å². The van der Waals surface area contributed by atoms with Gasteiger partial charge in [-0.25, -0.2) is 8.42 Å². The lowest BCUT2D eigenvalue weighted by Gasteiger charge is -2.18. The Morgan fingerprint density at radius 1 is 1.12 bits per heavy atom. The predicted molar refractivity (Wildman–Crippen MR) is 103 cm³/mol. The largest absolute Gasteiger partial charge is 0.350 e. The van der Waals surface area contributed by atoms with E-state index < -0.39 is 10.0 Å². The van der Waals surface area contributed by atoms with Crippen LogP contribution in [0.3, 0.4) is 0 Å². The SMILES string of the molecule is CC[C@H](C)[C@H](C)NC(=O)/C=C/c1ccc(S(=O)(=O)N(CC)CC)cc1. The summed E-state index contributed by atoms with van der Waals surface area (Å²) in [6, 6.07) is 6.68.